The van der Waals surface area contributed by atoms with Crippen LogP contribution in [0.2, 0.25) is 0 Å². The molecule has 0 aliphatic carbocycles. The molecule has 7 nitrogen and oxygen atoms in total. The van der Waals surface area contributed by atoms with Crippen molar-refractivity contribution in [1.29, 1.82) is 0 Å². The molecule has 0 aromatic heterocycles. The maximum atomic E-state index is 13.0. The first-order valence-corrected chi connectivity index (χ1v) is 16.0. The van der Waals surface area contributed by atoms with Crippen molar-refractivity contribution in [1.82, 2.24) is 10.1 Å². The molecule has 0 aliphatic rings. The summed E-state index contributed by atoms with van der Waals surface area (Å²) >= 11 is 4.43. The van der Waals surface area contributed by atoms with Crippen molar-refractivity contribution >= 4 is 67.3 Å². The maximum absolute atomic E-state index is 13.0. The molecule has 0 radical (unpaired) electrons. The van der Waals surface area contributed by atoms with Crippen molar-refractivity contribution in [3.63, 3.8) is 0 Å². The van der Waals surface area contributed by atoms with Gasteiger partial charge in [-0.05, 0) is 93.1 Å². The van der Waals surface area contributed by atoms with Gasteiger partial charge in [0.2, 0.25) is 15.9 Å². The number of rotatable bonds is 11. The second kappa shape index (κ2) is 14.2. The Bertz CT molecular complexity index is 1560. The number of carbonyl (C=O) groups is 1. The number of hydrogen-bond donors (Lipinski definition) is 2. The van der Waals surface area contributed by atoms with Crippen molar-refractivity contribution < 1.29 is 17.9 Å². The van der Waals surface area contributed by atoms with E-state index in [1.165, 1.54) is 0 Å². The Labute approximate surface area is 261 Å². The summed E-state index contributed by atoms with van der Waals surface area (Å²) in [5, 5.41) is 4.11. The van der Waals surface area contributed by atoms with E-state index >= 15 is 0 Å². The molecule has 0 spiro atoms. The molecule has 0 fully saturated rings. The molecule has 4 aromatic carbocycles. The summed E-state index contributed by atoms with van der Waals surface area (Å²) in [5.74, 6) is 0.363. The molecule has 2 N–H and O–H groups in total. The van der Waals surface area contributed by atoms with Crippen LogP contribution in [0.5, 0.6) is 5.75 Å². The summed E-state index contributed by atoms with van der Waals surface area (Å²) in [6.07, 6.45) is 1.42. The molecule has 206 valence electrons. The molecule has 4 aromatic rings. The fraction of sp³-hybridized carbons (Fsp3) is 0.133. The summed E-state index contributed by atoms with van der Waals surface area (Å²) in [4.78, 5) is 12.9. The van der Waals surface area contributed by atoms with Crippen LogP contribution >= 0.6 is 45.2 Å². The quantitative estimate of drug-likeness (QED) is 0.106. The van der Waals surface area contributed by atoms with E-state index in [0.29, 0.717) is 12.2 Å². The Morgan fingerprint density at radius 2 is 1.52 bits per heavy atom. The number of halogens is 2. The lowest BCUT2D eigenvalue weighted by Crippen LogP contribution is -2.32. The Balaban J connectivity index is 1.41. The fourth-order valence-corrected chi connectivity index (χ4v) is 7.17. The van der Waals surface area contributed by atoms with E-state index in [-0.39, 0.29) is 11.3 Å². The third kappa shape index (κ3) is 8.59. The highest BCUT2D eigenvalue weighted by atomic mass is 127. The van der Waals surface area contributed by atoms with Gasteiger partial charge >= 0.3 is 0 Å². The van der Waals surface area contributed by atoms with E-state index in [4.69, 9.17) is 4.74 Å². The lowest BCUT2D eigenvalue weighted by atomic mass is 10.0. The van der Waals surface area contributed by atoms with E-state index in [1.54, 1.807) is 54.7 Å². The van der Waals surface area contributed by atoms with Gasteiger partial charge in [0, 0.05) is 6.42 Å². The molecule has 4 rings (SSSR count). The number of carbonyl (C=O) groups excluding carboxylic acids is 1. The summed E-state index contributed by atoms with van der Waals surface area (Å²) in [6, 6.07) is 28.6. The van der Waals surface area contributed by atoms with E-state index < -0.39 is 22.0 Å². The second-order valence-corrected chi connectivity index (χ2v) is 13.0. The number of nitrogens with zero attached hydrogens (tertiary/aromatic N) is 1. The molecular weight excluding hydrogens is 752 g/mol. The Kier molecular flexibility index (Phi) is 10.7. The number of aryl methyl sites for hydroxylation is 1. The van der Waals surface area contributed by atoms with Crippen LogP contribution in [-0.4, -0.2) is 20.5 Å². The van der Waals surface area contributed by atoms with Crippen LogP contribution in [0.4, 0.5) is 0 Å². The van der Waals surface area contributed by atoms with Gasteiger partial charge in [-0.2, -0.15) is 5.10 Å². The number of ether oxygens (including phenoxy) is 1. The Morgan fingerprint density at radius 1 is 0.925 bits per heavy atom. The molecule has 0 saturated carbocycles. The van der Waals surface area contributed by atoms with Gasteiger partial charge in [0.05, 0.1) is 24.3 Å². The minimum absolute atomic E-state index is 0.131. The van der Waals surface area contributed by atoms with Crippen molar-refractivity contribution in [2.24, 2.45) is 5.10 Å². The highest BCUT2D eigenvalue weighted by Crippen LogP contribution is 2.29. The van der Waals surface area contributed by atoms with Gasteiger partial charge in [-0.1, -0.05) is 78.4 Å². The average molecular weight is 779 g/mol. The van der Waals surface area contributed by atoms with Crippen molar-refractivity contribution in [2.45, 2.75) is 30.9 Å². The van der Waals surface area contributed by atoms with Gasteiger partial charge in [0.15, 0.2) is 0 Å². The van der Waals surface area contributed by atoms with Crippen LogP contribution in [0.3, 0.4) is 0 Å². The number of hydrazone groups is 1. The Morgan fingerprint density at radius 3 is 2.15 bits per heavy atom. The van der Waals surface area contributed by atoms with Crippen molar-refractivity contribution in [2.75, 3.05) is 0 Å². The molecule has 0 bridgehead atoms. The number of benzene rings is 4. The van der Waals surface area contributed by atoms with Crippen LogP contribution in [0.25, 0.3) is 0 Å². The molecule has 0 aliphatic heterocycles. The normalized spacial score (nSPS) is 12.3. The predicted octanol–water partition coefficient (Wildman–Crippen LogP) is 6.34. The molecule has 0 saturated heterocycles. The number of sulfonamides is 1. The zero-order valence-electron chi connectivity index (χ0n) is 21.6. The van der Waals surface area contributed by atoms with Gasteiger partial charge in [0.1, 0.15) is 12.4 Å². The standard InChI is InChI=1S/C30H27I2N3O4S/c1-21-12-14-25(15-13-21)40(37,38)35-28(24-10-6-3-7-11-24)18-29(36)34-33-19-23-16-26(31)30(27(32)17-23)39-20-22-8-4-2-5-9-22/h2-17,19,28,35H,18,20H2,1H3,(H,34,36)/b33-19-/t28-/m0/s1. The van der Waals surface area contributed by atoms with Crippen molar-refractivity contribution in [3.8, 4) is 5.75 Å². The molecule has 0 unspecified atom stereocenters. The smallest absolute Gasteiger partial charge is 0.242 e. The van der Waals surface area contributed by atoms with E-state index in [9.17, 15) is 13.2 Å². The minimum Gasteiger partial charge on any atom is -0.487 e. The minimum atomic E-state index is -3.85. The number of nitrogens with one attached hydrogen (secondary N) is 2. The van der Waals surface area contributed by atoms with Crippen LogP contribution in [-0.2, 0) is 21.4 Å². The van der Waals surface area contributed by atoms with E-state index in [1.807, 2.05) is 55.5 Å². The highest BCUT2D eigenvalue weighted by Gasteiger charge is 2.23. The van der Waals surface area contributed by atoms with Gasteiger partial charge in [-0.15, -0.1) is 0 Å². The van der Waals surface area contributed by atoms with Gasteiger partial charge in [-0.3, -0.25) is 4.79 Å². The van der Waals surface area contributed by atoms with Crippen LogP contribution in [0.15, 0.2) is 107 Å². The summed E-state index contributed by atoms with van der Waals surface area (Å²) in [5.41, 5.74) is 6.02. The molecule has 0 heterocycles. The topological polar surface area (TPSA) is 96.9 Å². The highest BCUT2D eigenvalue weighted by molar-refractivity contribution is 14.1. The van der Waals surface area contributed by atoms with E-state index in [2.05, 4.69) is 60.4 Å². The second-order valence-electron chi connectivity index (χ2n) is 8.98. The lowest BCUT2D eigenvalue weighted by molar-refractivity contribution is -0.121. The first kappa shape index (κ1) is 30.2. The van der Waals surface area contributed by atoms with Gasteiger partial charge in [-0.25, -0.2) is 18.6 Å². The van der Waals surface area contributed by atoms with Crippen LogP contribution < -0.4 is 14.9 Å². The maximum Gasteiger partial charge on any atom is 0.242 e. The zero-order valence-corrected chi connectivity index (χ0v) is 26.7. The molecule has 1 atom stereocenters. The molecular formula is C30H27I2N3O4S. The average Bonchev–Trinajstić information content (AvgIpc) is 2.93. The third-order valence-electron chi connectivity index (χ3n) is 5.87. The molecule has 1 amide bonds. The predicted molar refractivity (Wildman–Crippen MR) is 174 cm³/mol. The van der Waals surface area contributed by atoms with Crippen LogP contribution in [0.1, 0.15) is 34.7 Å². The first-order valence-electron chi connectivity index (χ1n) is 12.3. The molecule has 40 heavy (non-hydrogen) atoms. The van der Waals surface area contributed by atoms with Crippen LogP contribution in [0, 0.1) is 14.1 Å². The number of hydrogen-bond acceptors (Lipinski definition) is 5. The van der Waals surface area contributed by atoms with Crippen molar-refractivity contribution in [3.05, 3.63) is 126 Å². The SMILES string of the molecule is Cc1ccc(S(=O)(=O)N[C@@H](CC(=O)N/N=C\c2cc(I)c(OCc3ccccc3)c(I)c2)c2ccccc2)cc1. The van der Waals surface area contributed by atoms with E-state index in [0.717, 1.165) is 29.6 Å². The largest absolute Gasteiger partial charge is 0.487 e. The number of amides is 1. The van der Waals surface area contributed by atoms with Gasteiger partial charge < -0.3 is 4.74 Å². The Hall–Kier alpha value is -2.81. The lowest BCUT2D eigenvalue weighted by Gasteiger charge is -2.18. The third-order valence-corrected chi connectivity index (χ3v) is 8.96. The first-order chi connectivity index (χ1) is 19.2. The summed E-state index contributed by atoms with van der Waals surface area (Å²) < 4.78 is 36.6. The van der Waals surface area contributed by atoms with Gasteiger partial charge in [0.25, 0.3) is 0 Å². The summed E-state index contributed by atoms with van der Waals surface area (Å²) in [6.45, 7) is 2.35. The zero-order chi connectivity index (χ0) is 28.5. The summed E-state index contributed by atoms with van der Waals surface area (Å²) in [7, 11) is -3.85. The molecule has 10 heteroatoms. The fourth-order valence-electron chi connectivity index (χ4n) is 3.82. The monoisotopic (exact) mass is 779 g/mol.